The number of nitrogens with one attached hydrogen (secondary N) is 2. The molecule has 0 unspecified atom stereocenters. The molecule has 0 bridgehead atoms. The third-order valence-electron chi connectivity index (χ3n) is 8.77. The van der Waals surface area contributed by atoms with E-state index < -0.39 is 31.4 Å². The van der Waals surface area contributed by atoms with Crippen LogP contribution >= 0.6 is 11.8 Å². The maximum atomic E-state index is 13.2. The number of sulfonamides is 1. The highest BCUT2D eigenvalue weighted by Gasteiger charge is 2.24. The summed E-state index contributed by atoms with van der Waals surface area (Å²) < 4.78 is 28.4. The van der Waals surface area contributed by atoms with Gasteiger partial charge in [0.2, 0.25) is 5.91 Å². The lowest BCUT2D eigenvalue weighted by molar-refractivity contribution is -0.384. The predicted molar refractivity (Wildman–Crippen MR) is 199 cm³/mol. The van der Waals surface area contributed by atoms with Gasteiger partial charge in [-0.3, -0.25) is 24.7 Å². The van der Waals surface area contributed by atoms with Gasteiger partial charge in [0.15, 0.2) is 0 Å². The average molecular weight is 724 g/mol. The van der Waals surface area contributed by atoms with Crippen molar-refractivity contribution in [3.05, 3.63) is 124 Å². The van der Waals surface area contributed by atoms with Crippen molar-refractivity contribution in [1.29, 1.82) is 0 Å². The lowest BCUT2D eigenvalue weighted by atomic mass is 9.95. The van der Waals surface area contributed by atoms with E-state index in [9.17, 15) is 28.1 Å². The van der Waals surface area contributed by atoms with E-state index in [1.54, 1.807) is 30.1 Å². The first-order chi connectivity index (χ1) is 24.7. The fourth-order valence-corrected chi connectivity index (χ4v) is 7.90. The number of hydrogen-bond donors (Lipinski definition) is 2. The van der Waals surface area contributed by atoms with Gasteiger partial charge in [0.05, 0.1) is 15.3 Å². The first kappa shape index (κ1) is 35.6. The molecule has 0 atom stereocenters. The van der Waals surface area contributed by atoms with Crippen LogP contribution in [0.2, 0.25) is 0 Å². The average Bonchev–Trinajstić information content (AvgIpc) is 3.16. The summed E-state index contributed by atoms with van der Waals surface area (Å²) in [6.45, 7) is 2.06. The van der Waals surface area contributed by atoms with Crippen LogP contribution in [0.3, 0.4) is 0 Å². The number of aryl methyl sites for hydroxylation is 1. The third kappa shape index (κ3) is 8.73. The fourth-order valence-electron chi connectivity index (χ4n) is 6.12. The summed E-state index contributed by atoms with van der Waals surface area (Å²) in [5, 5.41) is 15.8. The first-order valence-corrected chi connectivity index (χ1v) is 19.2. The van der Waals surface area contributed by atoms with Crippen LogP contribution in [0.5, 0.6) is 0 Å². The first-order valence-electron chi connectivity index (χ1n) is 16.7. The van der Waals surface area contributed by atoms with Crippen molar-refractivity contribution in [2.24, 2.45) is 0 Å². The summed E-state index contributed by atoms with van der Waals surface area (Å²) in [5.74, 6) is -0.0701. The van der Waals surface area contributed by atoms with Gasteiger partial charge < -0.3 is 10.2 Å². The molecule has 1 fully saturated rings. The molecule has 6 rings (SSSR count). The summed E-state index contributed by atoms with van der Waals surface area (Å²) in [6, 6.07) is 27.5. The van der Waals surface area contributed by atoms with Gasteiger partial charge in [-0.15, -0.1) is 11.8 Å². The van der Waals surface area contributed by atoms with Gasteiger partial charge in [-0.2, -0.15) is 0 Å². The van der Waals surface area contributed by atoms with Crippen molar-refractivity contribution in [3.63, 3.8) is 0 Å². The number of nitrogens with zero attached hydrogens (tertiary/aromatic N) is 3. The molecule has 0 saturated carbocycles. The number of piperidine rings is 1. The number of nitro groups is 1. The quantitative estimate of drug-likeness (QED) is 0.0562. The van der Waals surface area contributed by atoms with E-state index in [0.717, 1.165) is 64.5 Å². The van der Waals surface area contributed by atoms with Crippen LogP contribution in [-0.2, 0) is 21.2 Å². The molecule has 13 heteroatoms. The molecular formula is C38H37N5O6S2. The minimum Gasteiger partial charge on any atom is -0.379 e. The highest BCUT2D eigenvalue weighted by atomic mass is 32.2. The Morgan fingerprint density at radius 2 is 1.67 bits per heavy atom. The molecule has 2 amide bonds. The number of nitro benzene ring substituents is 1. The van der Waals surface area contributed by atoms with Gasteiger partial charge in [0, 0.05) is 65.5 Å². The number of rotatable bonds is 13. The van der Waals surface area contributed by atoms with Crippen LogP contribution in [0.25, 0.3) is 22.0 Å². The minimum absolute atomic E-state index is 0.0936. The molecule has 0 radical (unpaired) electrons. The summed E-state index contributed by atoms with van der Waals surface area (Å²) in [4.78, 5) is 44.3. The van der Waals surface area contributed by atoms with Crippen molar-refractivity contribution in [3.8, 4) is 11.1 Å². The summed E-state index contributed by atoms with van der Waals surface area (Å²) in [5.41, 5.74) is 3.24. The zero-order valence-electron chi connectivity index (χ0n) is 27.8. The Balaban J connectivity index is 1.12. The molecule has 4 aromatic carbocycles. The molecule has 1 aliphatic rings. The lowest BCUT2D eigenvalue weighted by Crippen LogP contribution is -2.35. The number of pyridine rings is 1. The largest absolute Gasteiger partial charge is 0.379 e. The van der Waals surface area contributed by atoms with Crippen molar-refractivity contribution in [1.82, 2.24) is 14.6 Å². The van der Waals surface area contributed by atoms with Crippen LogP contribution in [-0.4, -0.2) is 60.4 Å². The fraction of sp³-hybridized carbons (Fsp3) is 0.237. The Hall–Kier alpha value is -5.27. The van der Waals surface area contributed by atoms with Crippen molar-refractivity contribution < 1.29 is 22.9 Å². The summed E-state index contributed by atoms with van der Waals surface area (Å²) >= 11 is 1.58. The van der Waals surface area contributed by atoms with E-state index in [-0.39, 0.29) is 17.2 Å². The molecule has 5 aromatic rings. The highest BCUT2D eigenvalue weighted by Crippen LogP contribution is 2.31. The summed E-state index contributed by atoms with van der Waals surface area (Å²) in [6.07, 6.45) is 6.01. The van der Waals surface area contributed by atoms with Crippen LogP contribution in [0.15, 0.2) is 113 Å². The number of benzene rings is 4. The number of likely N-dealkylation sites (tertiary alicyclic amines) is 1. The predicted octanol–water partition coefficient (Wildman–Crippen LogP) is 7.08. The van der Waals surface area contributed by atoms with Crippen LogP contribution in [0, 0.1) is 10.1 Å². The van der Waals surface area contributed by atoms with E-state index in [1.807, 2.05) is 64.2 Å². The Bertz CT molecular complexity index is 2160. The molecule has 2 heterocycles. The van der Waals surface area contributed by atoms with Crippen LogP contribution in [0.1, 0.15) is 41.6 Å². The molecule has 1 aliphatic heterocycles. The highest BCUT2D eigenvalue weighted by molar-refractivity contribution is 7.99. The van der Waals surface area contributed by atoms with Gasteiger partial charge in [-0.1, -0.05) is 48.5 Å². The van der Waals surface area contributed by atoms with Gasteiger partial charge in [-0.05, 0) is 79.3 Å². The molecule has 0 aliphatic carbocycles. The number of anilines is 1. The molecule has 51 heavy (non-hydrogen) atoms. The van der Waals surface area contributed by atoms with Gasteiger partial charge >= 0.3 is 0 Å². The third-order valence-corrected chi connectivity index (χ3v) is 11.1. The van der Waals surface area contributed by atoms with E-state index in [0.29, 0.717) is 25.1 Å². The van der Waals surface area contributed by atoms with Crippen molar-refractivity contribution in [2.75, 3.05) is 30.7 Å². The van der Waals surface area contributed by atoms with Gasteiger partial charge in [0.25, 0.3) is 21.6 Å². The number of hydrogen-bond acceptors (Lipinski definition) is 9. The second-order valence-corrected chi connectivity index (χ2v) is 15.0. The molecule has 262 valence electrons. The topological polar surface area (TPSA) is 152 Å². The Labute approximate surface area is 300 Å². The second-order valence-electron chi connectivity index (χ2n) is 12.1. The zero-order chi connectivity index (χ0) is 35.8. The van der Waals surface area contributed by atoms with Crippen LogP contribution in [0.4, 0.5) is 11.4 Å². The second kappa shape index (κ2) is 16.2. The number of carbonyl (C=O) groups is 2. The number of thioether (sulfide) groups is 1. The minimum atomic E-state index is -4.43. The lowest BCUT2D eigenvalue weighted by Gasteiger charge is -2.26. The Morgan fingerprint density at radius 3 is 2.41 bits per heavy atom. The van der Waals surface area contributed by atoms with E-state index in [2.05, 4.69) is 10.3 Å². The molecule has 11 nitrogen and oxygen atoms in total. The van der Waals surface area contributed by atoms with Gasteiger partial charge in [0.1, 0.15) is 5.69 Å². The van der Waals surface area contributed by atoms with E-state index in [4.69, 9.17) is 0 Å². The maximum Gasteiger partial charge on any atom is 0.293 e. The number of aromatic nitrogens is 1. The SMILES string of the molecule is O=C(NS(=O)(=O)c1ccc(NCCSc2ccccc2)c([N+](=O)[O-])c1)c1ccc(-c2ccc(CCC(=O)N3CCCCC3)c3cccnc23)cc1. The number of amides is 2. The zero-order valence-corrected chi connectivity index (χ0v) is 29.4. The van der Waals surface area contributed by atoms with Crippen LogP contribution < -0.4 is 10.0 Å². The summed E-state index contributed by atoms with van der Waals surface area (Å²) in [7, 11) is -4.43. The van der Waals surface area contributed by atoms with Crippen molar-refractivity contribution in [2.45, 2.75) is 41.9 Å². The Kier molecular flexibility index (Phi) is 11.3. The smallest absolute Gasteiger partial charge is 0.293 e. The van der Waals surface area contributed by atoms with E-state index >= 15 is 0 Å². The molecule has 1 aromatic heterocycles. The van der Waals surface area contributed by atoms with E-state index in [1.165, 1.54) is 30.7 Å². The molecule has 1 saturated heterocycles. The monoisotopic (exact) mass is 723 g/mol. The molecule has 0 spiro atoms. The molecule has 2 N–H and O–H groups in total. The number of fused-ring (bicyclic) bond motifs is 1. The standard InChI is InChI=1S/C38H37N5O6S2/c44-36(42-23-5-2-6-24-42)20-16-28-15-18-33(37-32(28)10-7-21-40-37)27-11-13-29(14-12-27)38(45)41-51(48,49)31-17-19-34(35(26-31)43(46)47)39-22-25-50-30-8-3-1-4-9-30/h1,3-4,7-15,17-19,21,26,39H,2,5-6,16,20,22-25H2,(H,41,45). The van der Waals surface area contributed by atoms with Crippen molar-refractivity contribution >= 4 is 55.9 Å². The normalized spacial score (nSPS) is 13.1. The Morgan fingerprint density at radius 1 is 0.902 bits per heavy atom. The molecular weight excluding hydrogens is 687 g/mol. The number of carbonyl (C=O) groups excluding carboxylic acids is 2. The maximum absolute atomic E-state index is 13.2. The van der Waals surface area contributed by atoms with Gasteiger partial charge in [-0.25, -0.2) is 13.1 Å².